The standard InChI is InChI=1S/C14H17N5O3/c20-19(21)14-8-15-13-5-4-12(17-18(13)14)16-10-2-1-3-11-9(10)6-7-22-11/h4-5,8-11H,1-3,6-7H2,(H,16,17). The van der Waals surface area contributed by atoms with Crippen molar-refractivity contribution in [1.82, 2.24) is 14.6 Å². The van der Waals surface area contributed by atoms with Gasteiger partial charge in [-0.2, -0.15) is 0 Å². The van der Waals surface area contributed by atoms with Crippen LogP contribution in [0.25, 0.3) is 5.65 Å². The molecule has 22 heavy (non-hydrogen) atoms. The Morgan fingerprint density at radius 3 is 3.14 bits per heavy atom. The van der Waals surface area contributed by atoms with Crippen molar-refractivity contribution in [2.45, 2.75) is 37.8 Å². The molecule has 1 aliphatic carbocycles. The molecule has 0 bridgehead atoms. The maximum atomic E-state index is 11.0. The van der Waals surface area contributed by atoms with Gasteiger partial charge in [-0.1, -0.05) is 9.61 Å². The third-order valence-corrected chi connectivity index (χ3v) is 4.65. The fourth-order valence-electron chi connectivity index (χ4n) is 3.61. The number of nitrogens with zero attached hydrogens (tertiary/aromatic N) is 4. The van der Waals surface area contributed by atoms with E-state index in [0.29, 0.717) is 29.5 Å². The summed E-state index contributed by atoms with van der Waals surface area (Å²) in [4.78, 5) is 14.5. The Balaban J connectivity index is 1.61. The number of nitrogens with one attached hydrogen (secondary N) is 1. The monoisotopic (exact) mass is 303 g/mol. The second-order valence-corrected chi connectivity index (χ2v) is 5.91. The minimum absolute atomic E-state index is 0.121. The van der Waals surface area contributed by atoms with Gasteiger partial charge in [0.1, 0.15) is 6.20 Å². The Labute approximate surface area is 126 Å². The molecule has 2 aliphatic rings. The highest BCUT2D eigenvalue weighted by Gasteiger charge is 2.37. The Morgan fingerprint density at radius 2 is 2.27 bits per heavy atom. The van der Waals surface area contributed by atoms with E-state index in [9.17, 15) is 10.1 Å². The minimum Gasteiger partial charge on any atom is -0.378 e. The molecule has 116 valence electrons. The Kier molecular flexibility index (Phi) is 3.18. The summed E-state index contributed by atoms with van der Waals surface area (Å²) in [6.07, 6.45) is 5.98. The van der Waals surface area contributed by atoms with Crippen LogP contribution in [0.2, 0.25) is 0 Å². The second-order valence-electron chi connectivity index (χ2n) is 5.91. The molecule has 8 heteroatoms. The zero-order valence-corrected chi connectivity index (χ0v) is 12.0. The lowest BCUT2D eigenvalue weighted by Crippen LogP contribution is -2.38. The van der Waals surface area contributed by atoms with Gasteiger partial charge >= 0.3 is 5.82 Å². The minimum atomic E-state index is -0.474. The van der Waals surface area contributed by atoms with Crippen LogP contribution in [0.1, 0.15) is 25.7 Å². The molecule has 8 nitrogen and oxygen atoms in total. The van der Waals surface area contributed by atoms with Crippen molar-refractivity contribution in [3.05, 3.63) is 28.4 Å². The molecule has 0 spiro atoms. The molecule has 0 amide bonds. The summed E-state index contributed by atoms with van der Waals surface area (Å²) < 4.78 is 7.04. The first-order valence-electron chi connectivity index (χ1n) is 7.60. The van der Waals surface area contributed by atoms with Gasteiger partial charge in [-0.3, -0.25) is 0 Å². The number of imidazole rings is 1. The molecule has 1 saturated heterocycles. The molecule has 4 rings (SSSR count). The Hall–Kier alpha value is -2.22. The van der Waals surface area contributed by atoms with E-state index in [1.807, 2.05) is 6.07 Å². The predicted octanol–water partition coefficient (Wildman–Crippen LogP) is 2.01. The molecule has 0 radical (unpaired) electrons. The molecular formula is C14H17N5O3. The third kappa shape index (κ3) is 2.19. The van der Waals surface area contributed by atoms with E-state index < -0.39 is 4.92 Å². The summed E-state index contributed by atoms with van der Waals surface area (Å²) in [6, 6.07) is 3.88. The van der Waals surface area contributed by atoms with Crippen LogP contribution in [-0.4, -0.2) is 38.3 Å². The van der Waals surface area contributed by atoms with Crippen molar-refractivity contribution in [3.8, 4) is 0 Å². The molecule has 2 fully saturated rings. The number of fused-ring (bicyclic) bond motifs is 2. The molecule has 3 atom stereocenters. The summed E-state index contributed by atoms with van der Waals surface area (Å²) in [5, 5.41) is 18.8. The number of nitro groups is 1. The molecule has 1 saturated carbocycles. The van der Waals surface area contributed by atoms with Crippen molar-refractivity contribution < 1.29 is 9.66 Å². The highest BCUT2D eigenvalue weighted by molar-refractivity contribution is 5.48. The third-order valence-electron chi connectivity index (χ3n) is 4.65. The van der Waals surface area contributed by atoms with Gasteiger partial charge in [0.05, 0.1) is 6.10 Å². The van der Waals surface area contributed by atoms with Gasteiger partial charge in [-0.15, -0.1) is 0 Å². The quantitative estimate of drug-likeness (QED) is 0.688. The number of rotatable bonds is 3. The van der Waals surface area contributed by atoms with Crippen molar-refractivity contribution in [2.75, 3.05) is 11.9 Å². The van der Waals surface area contributed by atoms with Crippen LogP contribution in [0.15, 0.2) is 18.3 Å². The fourth-order valence-corrected chi connectivity index (χ4v) is 3.61. The smallest absolute Gasteiger partial charge is 0.368 e. The van der Waals surface area contributed by atoms with Gasteiger partial charge in [0.2, 0.25) is 5.65 Å². The van der Waals surface area contributed by atoms with Gasteiger partial charge < -0.3 is 20.2 Å². The highest BCUT2D eigenvalue weighted by atomic mass is 16.6. The highest BCUT2D eigenvalue weighted by Crippen LogP contribution is 2.35. The SMILES string of the molecule is O=[N+]([O-])c1cnc2ccc(NC3CCCC4OCCC34)nn12. The molecule has 1 N–H and O–H groups in total. The summed E-state index contributed by atoms with van der Waals surface area (Å²) >= 11 is 0. The largest absolute Gasteiger partial charge is 0.378 e. The van der Waals surface area contributed by atoms with Crippen LogP contribution in [0, 0.1) is 16.0 Å². The molecule has 0 aromatic carbocycles. The van der Waals surface area contributed by atoms with Crippen LogP contribution in [-0.2, 0) is 4.74 Å². The van der Waals surface area contributed by atoms with Crippen LogP contribution in [0.4, 0.5) is 11.6 Å². The number of ether oxygens (including phenoxy) is 1. The lowest BCUT2D eigenvalue weighted by atomic mass is 9.82. The maximum absolute atomic E-state index is 11.0. The summed E-state index contributed by atoms with van der Waals surface area (Å²) in [5.74, 6) is 1.03. The summed E-state index contributed by atoms with van der Waals surface area (Å²) in [5.41, 5.74) is 0.475. The first-order chi connectivity index (χ1) is 10.7. The Bertz CT molecular complexity index is 716. The van der Waals surface area contributed by atoms with E-state index in [0.717, 1.165) is 32.3 Å². The van der Waals surface area contributed by atoms with E-state index in [1.165, 1.54) is 10.7 Å². The molecule has 2 aromatic rings. The summed E-state index contributed by atoms with van der Waals surface area (Å²) in [7, 11) is 0. The van der Waals surface area contributed by atoms with Crippen molar-refractivity contribution in [2.24, 2.45) is 5.92 Å². The van der Waals surface area contributed by atoms with E-state index in [2.05, 4.69) is 15.4 Å². The topological polar surface area (TPSA) is 94.6 Å². The normalized spacial score (nSPS) is 27.7. The average molecular weight is 303 g/mol. The number of hydrogen-bond acceptors (Lipinski definition) is 6. The lowest BCUT2D eigenvalue weighted by molar-refractivity contribution is -0.391. The first kappa shape index (κ1) is 13.4. The van der Waals surface area contributed by atoms with Gasteiger partial charge in [0.15, 0.2) is 5.82 Å². The van der Waals surface area contributed by atoms with Crippen LogP contribution < -0.4 is 5.32 Å². The van der Waals surface area contributed by atoms with Gasteiger partial charge in [-0.25, -0.2) is 4.98 Å². The molecule has 1 aliphatic heterocycles. The zero-order valence-electron chi connectivity index (χ0n) is 12.0. The van der Waals surface area contributed by atoms with E-state index in [-0.39, 0.29) is 5.82 Å². The average Bonchev–Trinajstić information content (AvgIpc) is 3.13. The summed E-state index contributed by atoms with van der Waals surface area (Å²) in [6.45, 7) is 0.826. The number of anilines is 1. The number of aromatic nitrogens is 3. The lowest BCUT2D eigenvalue weighted by Gasteiger charge is -2.33. The van der Waals surface area contributed by atoms with E-state index in [4.69, 9.17) is 4.74 Å². The van der Waals surface area contributed by atoms with Crippen molar-refractivity contribution in [1.29, 1.82) is 0 Å². The van der Waals surface area contributed by atoms with Crippen LogP contribution in [0.5, 0.6) is 0 Å². The van der Waals surface area contributed by atoms with Crippen LogP contribution >= 0.6 is 0 Å². The van der Waals surface area contributed by atoms with Crippen LogP contribution in [0.3, 0.4) is 0 Å². The molecule has 2 aromatic heterocycles. The molecule has 3 heterocycles. The van der Waals surface area contributed by atoms with E-state index >= 15 is 0 Å². The van der Waals surface area contributed by atoms with Gasteiger partial charge in [-0.05, 0) is 36.7 Å². The van der Waals surface area contributed by atoms with Gasteiger partial charge in [0.25, 0.3) is 0 Å². The zero-order chi connectivity index (χ0) is 15.1. The predicted molar refractivity (Wildman–Crippen MR) is 78.8 cm³/mol. The van der Waals surface area contributed by atoms with Crippen molar-refractivity contribution >= 4 is 17.3 Å². The van der Waals surface area contributed by atoms with Gasteiger partial charge in [0, 0.05) is 24.6 Å². The van der Waals surface area contributed by atoms with E-state index in [1.54, 1.807) is 6.07 Å². The fraction of sp³-hybridized carbons (Fsp3) is 0.571. The maximum Gasteiger partial charge on any atom is 0.368 e. The second kappa shape index (κ2) is 5.20. The Morgan fingerprint density at radius 1 is 1.36 bits per heavy atom. The molecular weight excluding hydrogens is 286 g/mol. The first-order valence-corrected chi connectivity index (χ1v) is 7.60. The van der Waals surface area contributed by atoms with Crippen molar-refractivity contribution in [3.63, 3.8) is 0 Å². The molecule has 3 unspecified atom stereocenters. The number of hydrogen-bond donors (Lipinski definition) is 1.